The lowest BCUT2D eigenvalue weighted by Gasteiger charge is -2.12. The molecule has 2 aromatic rings. The van der Waals surface area contributed by atoms with Gasteiger partial charge in [0.15, 0.2) is 18.1 Å². The van der Waals surface area contributed by atoms with Crippen molar-refractivity contribution in [3.8, 4) is 17.2 Å². The first-order valence-electron chi connectivity index (χ1n) is 8.04. The maximum absolute atomic E-state index is 11.9. The number of hydrogen-bond donors (Lipinski definition) is 3. The zero-order valence-electron chi connectivity index (χ0n) is 14.8. The van der Waals surface area contributed by atoms with Gasteiger partial charge in [-0.15, -0.1) is 0 Å². The van der Waals surface area contributed by atoms with Crippen LogP contribution in [-0.4, -0.2) is 28.9 Å². The number of nitrogens with zero attached hydrogens (tertiary/aromatic N) is 1. The van der Waals surface area contributed by atoms with E-state index in [1.807, 2.05) is 25.1 Å². The number of phenolic OH excluding ortho intramolecular Hbond substituents is 2. The van der Waals surface area contributed by atoms with Gasteiger partial charge in [0.25, 0.3) is 5.91 Å². The number of phenols is 2. The summed E-state index contributed by atoms with van der Waals surface area (Å²) in [7, 11) is 0. The third-order valence-corrected chi connectivity index (χ3v) is 4.31. The molecule has 0 aliphatic rings. The number of rotatable bonds is 6. The fourth-order valence-electron chi connectivity index (χ4n) is 2.17. The van der Waals surface area contributed by atoms with E-state index in [-0.39, 0.29) is 18.1 Å². The number of aryl methyl sites for hydroxylation is 1. The number of hydrogen-bond acceptors (Lipinski definition) is 5. The van der Waals surface area contributed by atoms with Crippen LogP contribution in [0.4, 0.5) is 0 Å². The minimum atomic E-state index is -0.405. The number of benzene rings is 2. The number of hydrazone groups is 1. The smallest absolute Gasteiger partial charge is 0.277 e. The quantitative estimate of drug-likeness (QED) is 0.376. The molecule has 0 heterocycles. The Kier molecular flexibility index (Phi) is 6.63. The van der Waals surface area contributed by atoms with Crippen LogP contribution in [0.5, 0.6) is 17.2 Å². The van der Waals surface area contributed by atoms with E-state index in [1.165, 1.54) is 12.3 Å². The van der Waals surface area contributed by atoms with Gasteiger partial charge in [0.2, 0.25) is 0 Å². The third-order valence-electron chi connectivity index (χ3n) is 3.71. The third kappa shape index (κ3) is 5.23. The lowest BCUT2D eigenvalue weighted by atomic mass is 10.0. The minimum absolute atomic E-state index is 0.162. The molecule has 1 amide bonds. The monoisotopic (exact) mass is 420 g/mol. The van der Waals surface area contributed by atoms with Gasteiger partial charge in [0, 0.05) is 0 Å². The summed E-state index contributed by atoms with van der Waals surface area (Å²) in [6.45, 7) is 5.94. The number of halogens is 1. The van der Waals surface area contributed by atoms with Crippen LogP contribution < -0.4 is 10.2 Å². The van der Waals surface area contributed by atoms with Crippen molar-refractivity contribution in [1.29, 1.82) is 0 Å². The topological polar surface area (TPSA) is 91.2 Å². The zero-order valence-corrected chi connectivity index (χ0v) is 16.4. The Morgan fingerprint density at radius 2 is 2.04 bits per heavy atom. The Morgan fingerprint density at radius 1 is 1.31 bits per heavy atom. The molecular formula is C19H21BrN2O4. The van der Waals surface area contributed by atoms with Crippen molar-refractivity contribution >= 4 is 28.1 Å². The molecule has 0 bridgehead atoms. The Labute approximate surface area is 160 Å². The number of amides is 1. The number of carbonyl (C=O) groups is 1. The average Bonchev–Trinajstić information content (AvgIpc) is 2.58. The van der Waals surface area contributed by atoms with Gasteiger partial charge < -0.3 is 14.9 Å². The van der Waals surface area contributed by atoms with Gasteiger partial charge >= 0.3 is 0 Å². The molecule has 0 atom stereocenters. The Balaban J connectivity index is 1.92. The molecule has 0 saturated heterocycles. The van der Waals surface area contributed by atoms with E-state index in [2.05, 4.69) is 40.3 Å². The van der Waals surface area contributed by atoms with Gasteiger partial charge in [-0.05, 0) is 63.7 Å². The van der Waals surface area contributed by atoms with Crippen molar-refractivity contribution in [3.05, 3.63) is 51.5 Å². The molecule has 3 N–H and O–H groups in total. The van der Waals surface area contributed by atoms with Crippen LogP contribution in [0, 0.1) is 6.92 Å². The standard InChI is InChI=1S/C19H21BrN2O4/c1-11(2)14-5-4-12(3)17(8-14)26-10-18(24)22-21-9-13-6-15(20)19(25)16(23)7-13/h4-9,11,23,25H,10H2,1-3H3,(H,22,24)/b21-9-. The van der Waals surface area contributed by atoms with Gasteiger partial charge in [-0.2, -0.15) is 5.10 Å². The van der Waals surface area contributed by atoms with Gasteiger partial charge in [0.1, 0.15) is 5.75 Å². The molecule has 0 aromatic heterocycles. The lowest BCUT2D eigenvalue weighted by Crippen LogP contribution is -2.24. The highest BCUT2D eigenvalue weighted by molar-refractivity contribution is 9.10. The SMILES string of the molecule is Cc1ccc(C(C)C)cc1OCC(=O)N/N=C\c1cc(O)c(O)c(Br)c1. The summed E-state index contributed by atoms with van der Waals surface area (Å²) < 4.78 is 5.91. The van der Waals surface area contributed by atoms with Crippen molar-refractivity contribution < 1.29 is 19.7 Å². The van der Waals surface area contributed by atoms with Crippen LogP contribution in [0.1, 0.15) is 36.5 Å². The summed E-state index contributed by atoms with van der Waals surface area (Å²) in [6.07, 6.45) is 1.35. The first kappa shape index (κ1) is 19.8. The first-order chi connectivity index (χ1) is 12.3. The number of ether oxygens (including phenoxy) is 1. The van der Waals surface area contributed by atoms with Gasteiger partial charge in [-0.25, -0.2) is 5.43 Å². The molecule has 0 radical (unpaired) electrons. The normalized spacial score (nSPS) is 11.1. The highest BCUT2D eigenvalue weighted by atomic mass is 79.9. The van der Waals surface area contributed by atoms with Crippen LogP contribution in [-0.2, 0) is 4.79 Å². The summed E-state index contributed by atoms with van der Waals surface area (Å²) in [5.41, 5.74) is 4.96. The van der Waals surface area contributed by atoms with Crippen molar-refractivity contribution in [1.82, 2.24) is 5.43 Å². The van der Waals surface area contributed by atoms with E-state index in [1.54, 1.807) is 6.07 Å². The molecule has 26 heavy (non-hydrogen) atoms. The Morgan fingerprint density at radius 3 is 2.69 bits per heavy atom. The zero-order chi connectivity index (χ0) is 19.3. The van der Waals surface area contributed by atoms with Crippen LogP contribution in [0.3, 0.4) is 0 Å². The summed E-state index contributed by atoms with van der Waals surface area (Å²) in [5.74, 6) is 0.104. The number of aromatic hydroxyl groups is 2. The second kappa shape index (κ2) is 8.71. The molecule has 2 rings (SSSR count). The maximum Gasteiger partial charge on any atom is 0.277 e. The van der Waals surface area contributed by atoms with Crippen LogP contribution >= 0.6 is 15.9 Å². The second-order valence-electron chi connectivity index (χ2n) is 6.13. The molecule has 0 spiro atoms. The number of nitrogens with one attached hydrogen (secondary N) is 1. The molecule has 138 valence electrons. The Bertz CT molecular complexity index is 811. The van der Waals surface area contributed by atoms with E-state index in [0.717, 1.165) is 11.1 Å². The van der Waals surface area contributed by atoms with Gasteiger partial charge in [0.05, 0.1) is 10.7 Å². The van der Waals surface area contributed by atoms with E-state index in [9.17, 15) is 15.0 Å². The largest absolute Gasteiger partial charge is 0.504 e. The Hall–Kier alpha value is -2.54. The van der Waals surface area contributed by atoms with Crippen LogP contribution in [0.2, 0.25) is 0 Å². The summed E-state index contributed by atoms with van der Waals surface area (Å²) in [5, 5.41) is 22.8. The molecular weight excluding hydrogens is 400 g/mol. The predicted octanol–water partition coefficient (Wildman–Crippen LogP) is 3.82. The van der Waals surface area contributed by atoms with Gasteiger partial charge in [-0.3, -0.25) is 4.79 Å². The highest BCUT2D eigenvalue weighted by Crippen LogP contribution is 2.33. The van der Waals surface area contributed by atoms with E-state index in [0.29, 0.717) is 21.7 Å². The average molecular weight is 421 g/mol. The molecule has 6 nitrogen and oxygen atoms in total. The summed E-state index contributed by atoms with van der Waals surface area (Å²) >= 11 is 3.11. The van der Waals surface area contributed by atoms with Crippen molar-refractivity contribution in [3.63, 3.8) is 0 Å². The van der Waals surface area contributed by atoms with Crippen molar-refractivity contribution in [2.45, 2.75) is 26.7 Å². The number of carbonyl (C=O) groups excluding carboxylic acids is 1. The molecule has 7 heteroatoms. The predicted molar refractivity (Wildman–Crippen MR) is 104 cm³/mol. The fraction of sp³-hybridized carbons (Fsp3) is 0.263. The molecule has 0 saturated carbocycles. The summed E-state index contributed by atoms with van der Waals surface area (Å²) in [4.78, 5) is 11.9. The molecule has 0 fully saturated rings. The molecule has 2 aromatic carbocycles. The lowest BCUT2D eigenvalue weighted by molar-refractivity contribution is -0.123. The highest BCUT2D eigenvalue weighted by Gasteiger charge is 2.08. The minimum Gasteiger partial charge on any atom is -0.504 e. The van der Waals surface area contributed by atoms with E-state index < -0.39 is 5.91 Å². The fourth-order valence-corrected chi connectivity index (χ4v) is 2.63. The second-order valence-corrected chi connectivity index (χ2v) is 6.99. The summed E-state index contributed by atoms with van der Waals surface area (Å²) in [6, 6.07) is 8.83. The van der Waals surface area contributed by atoms with Crippen molar-refractivity contribution in [2.75, 3.05) is 6.61 Å². The molecule has 0 aliphatic carbocycles. The van der Waals surface area contributed by atoms with Crippen molar-refractivity contribution in [2.24, 2.45) is 5.10 Å². The maximum atomic E-state index is 11.9. The first-order valence-corrected chi connectivity index (χ1v) is 8.84. The van der Waals surface area contributed by atoms with E-state index >= 15 is 0 Å². The molecule has 0 unspecified atom stereocenters. The molecule has 0 aliphatic heterocycles. The van der Waals surface area contributed by atoms with E-state index in [4.69, 9.17) is 4.74 Å². The van der Waals surface area contributed by atoms with Crippen LogP contribution in [0.25, 0.3) is 0 Å². The van der Waals surface area contributed by atoms with Crippen LogP contribution in [0.15, 0.2) is 39.9 Å². The van der Waals surface area contributed by atoms with Gasteiger partial charge in [-0.1, -0.05) is 26.0 Å².